The molecule has 0 aliphatic carbocycles. The molecular formula is C17H11ClF3IN2O2. The lowest BCUT2D eigenvalue weighted by atomic mass is 10.1. The molecule has 3 rings (SSSR count). The van der Waals surface area contributed by atoms with Gasteiger partial charge in [-0.15, -0.1) is 0 Å². The molecular weight excluding hydrogens is 484 g/mol. The number of rotatable bonds is 2. The third-order valence-corrected chi connectivity index (χ3v) is 4.76. The first-order chi connectivity index (χ1) is 12.1. The monoisotopic (exact) mass is 494 g/mol. The molecule has 0 spiro atoms. The molecule has 2 aromatic carbocycles. The zero-order valence-corrected chi connectivity index (χ0v) is 15.8. The average molecular weight is 495 g/mol. The first-order valence-corrected chi connectivity index (χ1v) is 8.72. The lowest BCUT2D eigenvalue weighted by molar-refractivity contribution is -0.283. The van der Waals surface area contributed by atoms with Crippen molar-refractivity contribution >= 4 is 45.8 Å². The molecule has 136 valence electrons. The van der Waals surface area contributed by atoms with E-state index in [1.54, 1.807) is 12.1 Å². The highest BCUT2D eigenvalue weighted by Crippen LogP contribution is 2.40. The minimum absolute atomic E-state index is 0.00588. The van der Waals surface area contributed by atoms with Crippen LogP contribution in [-0.2, 0) is 0 Å². The van der Waals surface area contributed by atoms with E-state index in [1.807, 2.05) is 22.6 Å². The van der Waals surface area contributed by atoms with E-state index in [1.165, 1.54) is 36.4 Å². The van der Waals surface area contributed by atoms with Crippen LogP contribution in [0, 0.1) is 3.57 Å². The van der Waals surface area contributed by atoms with E-state index in [4.69, 9.17) is 11.6 Å². The van der Waals surface area contributed by atoms with Crippen molar-refractivity contribution in [1.29, 1.82) is 0 Å². The largest absolute Gasteiger partial charge is 0.442 e. The maximum absolute atomic E-state index is 13.5. The molecule has 0 unspecified atom stereocenters. The van der Waals surface area contributed by atoms with Gasteiger partial charge in [-0.3, -0.25) is 10.2 Å². The molecule has 0 aromatic heterocycles. The molecule has 0 radical (unpaired) electrons. The van der Waals surface area contributed by atoms with E-state index < -0.39 is 17.8 Å². The lowest BCUT2D eigenvalue weighted by Gasteiger charge is -2.33. The van der Waals surface area contributed by atoms with Crippen LogP contribution in [-0.4, -0.2) is 27.9 Å². The third kappa shape index (κ3) is 3.40. The Bertz CT molecular complexity index is 869. The molecule has 1 amide bonds. The summed E-state index contributed by atoms with van der Waals surface area (Å²) in [4.78, 5) is 12.6. The summed E-state index contributed by atoms with van der Waals surface area (Å²) in [6, 6.07) is 11.9. The fourth-order valence-corrected chi connectivity index (χ4v) is 2.90. The number of alkyl halides is 3. The van der Waals surface area contributed by atoms with Crippen molar-refractivity contribution in [2.45, 2.75) is 11.9 Å². The van der Waals surface area contributed by atoms with Crippen LogP contribution in [0.25, 0.3) is 5.70 Å². The number of hydrogen-bond donors (Lipinski definition) is 2. The number of halogens is 5. The normalized spacial score (nSPS) is 19.9. The molecule has 4 nitrogen and oxygen atoms in total. The second kappa shape index (κ2) is 6.75. The van der Waals surface area contributed by atoms with Crippen LogP contribution in [0.4, 0.5) is 13.2 Å². The molecule has 1 aliphatic heterocycles. The number of carbonyl (C=O) groups is 1. The smallest absolute Gasteiger partial charge is 0.359 e. The highest BCUT2D eigenvalue weighted by molar-refractivity contribution is 14.1. The summed E-state index contributed by atoms with van der Waals surface area (Å²) in [6.07, 6.45) is -4.53. The molecule has 0 saturated carbocycles. The Labute approximate surface area is 165 Å². The summed E-state index contributed by atoms with van der Waals surface area (Å²) in [7, 11) is 0. The quantitative estimate of drug-likeness (QED) is 0.616. The predicted molar refractivity (Wildman–Crippen MR) is 98.9 cm³/mol. The molecule has 1 heterocycles. The summed E-state index contributed by atoms with van der Waals surface area (Å²) in [5.74, 6) is -1.01. The number of nitrogens with one attached hydrogen (secondary N) is 1. The lowest BCUT2D eigenvalue weighted by Crippen LogP contribution is -2.60. The van der Waals surface area contributed by atoms with Gasteiger partial charge in [0.2, 0.25) is 0 Å². The van der Waals surface area contributed by atoms with Gasteiger partial charge in [-0.25, -0.2) is 5.01 Å². The zero-order chi connectivity index (χ0) is 19.1. The number of benzene rings is 2. The van der Waals surface area contributed by atoms with Crippen molar-refractivity contribution in [3.63, 3.8) is 0 Å². The fraction of sp³-hybridized carbons (Fsp3) is 0.118. The summed E-state index contributed by atoms with van der Waals surface area (Å²) in [6.45, 7) is 0. The standard InChI is InChI=1S/C17H11ClF3IN2O2/c18-12-5-1-10(2-6-12)14-9-16(26,17(19,20)21)24(23-14)15(25)11-3-7-13(22)8-4-11/h1-9,23,26H/t16-/m1/s1. The van der Waals surface area contributed by atoms with Crippen molar-refractivity contribution in [1.82, 2.24) is 10.4 Å². The Morgan fingerprint density at radius 1 is 1.12 bits per heavy atom. The summed E-state index contributed by atoms with van der Waals surface area (Å²) in [5.41, 5.74) is -0.824. The highest BCUT2D eigenvalue weighted by Gasteiger charge is 2.61. The van der Waals surface area contributed by atoms with Crippen molar-refractivity contribution in [2.75, 3.05) is 0 Å². The van der Waals surface area contributed by atoms with Crippen LogP contribution < -0.4 is 5.43 Å². The van der Waals surface area contributed by atoms with Crippen LogP contribution in [0.3, 0.4) is 0 Å². The Balaban J connectivity index is 2.01. The van der Waals surface area contributed by atoms with Gasteiger partial charge in [0.25, 0.3) is 11.6 Å². The van der Waals surface area contributed by atoms with Gasteiger partial charge in [0, 0.05) is 20.2 Å². The van der Waals surface area contributed by atoms with E-state index in [2.05, 4.69) is 5.43 Å². The van der Waals surface area contributed by atoms with Gasteiger partial charge in [0.05, 0.1) is 5.70 Å². The Hall–Kier alpha value is -1.78. The first kappa shape index (κ1) is 19.0. The highest BCUT2D eigenvalue weighted by atomic mass is 127. The maximum Gasteiger partial charge on any atom is 0.442 e. The van der Waals surface area contributed by atoms with Crippen molar-refractivity contribution in [3.8, 4) is 0 Å². The number of hydrazine groups is 1. The number of aliphatic hydroxyl groups is 1. The maximum atomic E-state index is 13.5. The number of nitrogens with zero attached hydrogens (tertiary/aromatic N) is 1. The SMILES string of the molecule is O=C(c1ccc(I)cc1)N1NC(c2ccc(Cl)cc2)=C[C@@]1(O)C(F)(F)F. The summed E-state index contributed by atoms with van der Waals surface area (Å²) in [5, 5.41) is 10.9. The van der Waals surface area contributed by atoms with E-state index in [9.17, 15) is 23.1 Å². The topological polar surface area (TPSA) is 52.6 Å². The van der Waals surface area contributed by atoms with Crippen LogP contribution in [0.5, 0.6) is 0 Å². The van der Waals surface area contributed by atoms with E-state index in [0.29, 0.717) is 16.7 Å². The van der Waals surface area contributed by atoms with Gasteiger partial charge in [-0.2, -0.15) is 13.2 Å². The van der Waals surface area contributed by atoms with Crippen LogP contribution in [0.15, 0.2) is 54.6 Å². The fourth-order valence-electron chi connectivity index (χ4n) is 2.42. The van der Waals surface area contributed by atoms with Gasteiger partial charge >= 0.3 is 6.18 Å². The zero-order valence-electron chi connectivity index (χ0n) is 12.9. The van der Waals surface area contributed by atoms with Crippen molar-refractivity contribution in [2.24, 2.45) is 0 Å². The molecule has 0 fully saturated rings. The molecule has 0 saturated heterocycles. The molecule has 26 heavy (non-hydrogen) atoms. The first-order valence-electron chi connectivity index (χ1n) is 7.26. The van der Waals surface area contributed by atoms with E-state index >= 15 is 0 Å². The van der Waals surface area contributed by atoms with Crippen LogP contribution in [0.2, 0.25) is 5.02 Å². The van der Waals surface area contributed by atoms with E-state index in [-0.39, 0.29) is 16.3 Å². The Morgan fingerprint density at radius 3 is 2.23 bits per heavy atom. The van der Waals surface area contributed by atoms with Gasteiger partial charge in [-0.1, -0.05) is 23.7 Å². The van der Waals surface area contributed by atoms with Gasteiger partial charge in [0.15, 0.2) is 0 Å². The second-order valence-electron chi connectivity index (χ2n) is 5.55. The average Bonchev–Trinajstić information content (AvgIpc) is 2.94. The Kier molecular flexibility index (Phi) is 4.93. The number of hydrogen-bond acceptors (Lipinski definition) is 3. The van der Waals surface area contributed by atoms with Gasteiger partial charge in [0.1, 0.15) is 0 Å². The van der Waals surface area contributed by atoms with Crippen molar-refractivity contribution in [3.05, 3.63) is 74.3 Å². The minimum atomic E-state index is -5.10. The van der Waals surface area contributed by atoms with Gasteiger partial charge in [-0.05, 0) is 64.6 Å². The van der Waals surface area contributed by atoms with Crippen LogP contribution >= 0.6 is 34.2 Å². The van der Waals surface area contributed by atoms with Crippen molar-refractivity contribution < 1.29 is 23.1 Å². The third-order valence-electron chi connectivity index (χ3n) is 3.79. The number of amides is 1. The van der Waals surface area contributed by atoms with Gasteiger partial charge < -0.3 is 5.11 Å². The summed E-state index contributed by atoms with van der Waals surface area (Å²) >= 11 is 7.79. The number of carbonyl (C=O) groups excluding carboxylic acids is 1. The molecule has 2 aromatic rings. The second-order valence-corrected chi connectivity index (χ2v) is 7.23. The molecule has 0 bridgehead atoms. The van der Waals surface area contributed by atoms with E-state index in [0.717, 1.165) is 3.57 Å². The summed E-state index contributed by atoms with van der Waals surface area (Å²) < 4.78 is 41.4. The molecule has 1 aliphatic rings. The predicted octanol–water partition coefficient (Wildman–Crippen LogP) is 4.20. The Morgan fingerprint density at radius 2 is 1.69 bits per heavy atom. The van der Waals surface area contributed by atoms with Crippen LogP contribution in [0.1, 0.15) is 15.9 Å². The molecule has 1 atom stereocenters. The molecule has 2 N–H and O–H groups in total. The minimum Gasteiger partial charge on any atom is -0.359 e. The molecule has 9 heteroatoms.